The topological polar surface area (TPSA) is 38.8 Å². The molecule has 1 heterocycles. The molecule has 6 heteroatoms. The van der Waals surface area contributed by atoms with Gasteiger partial charge in [0.2, 0.25) is 0 Å². The molecule has 0 aromatic heterocycles. The van der Waals surface area contributed by atoms with Crippen molar-refractivity contribution in [3.63, 3.8) is 0 Å². The molecule has 0 bridgehead atoms. The zero-order valence-electron chi connectivity index (χ0n) is 14.8. The van der Waals surface area contributed by atoms with Crippen LogP contribution in [-0.4, -0.2) is 73.1 Å². The summed E-state index contributed by atoms with van der Waals surface area (Å²) in [6.45, 7) is 11.9. The highest BCUT2D eigenvalue weighted by Crippen LogP contribution is 2.13. The van der Waals surface area contributed by atoms with Gasteiger partial charge in [0.15, 0.2) is 0 Å². The van der Waals surface area contributed by atoms with Gasteiger partial charge in [-0.3, -0.25) is 0 Å². The minimum absolute atomic E-state index is 0.138. The summed E-state index contributed by atoms with van der Waals surface area (Å²) in [5.74, 6) is 0. The molecular formula is C18H29ClN4O. The van der Waals surface area contributed by atoms with Gasteiger partial charge >= 0.3 is 6.03 Å². The van der Waals surface area contributed by atoms with Crippen LogP contribution in [0, 0.1) is 0 Å². The normalized spacial score (nSPS) is 14.9. The van der Waals surface area contributed by atoms with Crippen LogP contribution in [0.4, 0.5) is 4.79 Å². The molecule has 0 aliphatic carbocycles. The summed E-state index contributed by atoms with van der Waals surface area (Å²) in [7, 11) is 0. The van der Waals surface area contributed by atoms with Crippen LogP contribution in [0.15, 0.2) is 24.3 Å². The predicted octanol–water partition coefficient (Wildman–Crippen LogP) is 2.51. The quantitative estimate of drug-likeness (QED) is 0.819. The highest BCUT2D eigenvalue weighted by Gasteiger charge is 2.22. The summed E-state index contributed by atoms with van der Waals surface area (Å²) < 4.78 is 0. The van der Waals surface area contributed by atoms with Gasteiger partial charge in [-0.25, -0.2) is 4.79 Å². The Hall–Kier alpha value is -1.30. The summed E-state index contributed by atoms with van der Waals surface area (Å²) in [4.78, 5) is 19.2. The Morgan fingerprint density at radius 2 is 1.75 bits per heavy atom. The lowest BCUT2D eigenvalue weighted by atomic mass is 10.2. The molecule has 0 atom stereocenters. The van der Waals surface area contributed by atoms with Crippen LogP contribution < -0.4 is 5.32 Å². The van der Waals surface area contributed by atoms with E-state index in [0.717, 1.165) is 62.9 Å². The van der Waals surface area contributed by atoms with Crippen molar-refractivity contribution in [1.29, 1.82) is 0 Å². The number of carbonyl (C=O) groups excluding carboxylic acids is 1. The van der Waals surface area contributed by atoms with Gasteiger partial charge in [0.1, 0.15) is 0 Å². The lowest BCUT2D eigenvalue weighted by molar-refractivity contribution is 0.136. The fourth-order valence-electron chi connectivity index (χ4n) is 2.91. The van der Waals surface area contributed by atoms with E-state index in [2.05, 4.69) is 24.1 Å². The van der Waals surface area contributed by atoms with Crippen LogP contribution in [0.1, 0.15) is 19.4 Å². The van der Waals surface area contributed by atoms with Gasteiger partial charge in [0.05, 0.1) is 0 Å². The van der Waals surface area contributed by atoms with E-state index in [-0.39, 0.29) is 6.03 Å². The average molecular weight is 353 g/mol. The van der Waals surface area contributed by atoms with Gasteiger partial charge in [0.25, 0.3) is 0 Å². The molecule has 2 amide bonds. The number of urea groups is 1. The molecule has 1 aromatic rings. The highest BCUT2D eigenvalue weighted by molar-refractivity contribution is 6.30. The third-order valence-electron chi connectivity index (χ3n) is 4.53. The van der Waals surface area contributed by atoms with E-state index >= 15 is 0 Å². The van der Waals surface area contributed by atoms with Crippen molar-refractivity contribution in [1.82, 2.24) is 20.0 Å². The summed E-state index contributed by atoms with van der Waals surface area (Å²) in [5, 5.41) is 4.02. The summed E-state index contributed by atoms with van der Waals surface area (Å²) in [5.41, 5.74) is 1.11. The fourth-order valence-corrected chi connectivity index (χ4v) is 3.04. The predicted molar refractivity (Wildman–Crippen MR) is 99.5 cm³/mol. The van der Waals surface area contributed by atoms with E-state index in [1.54, 1.807) is 0 Å². The number of carbonyl (C=O) groups is 1. The molecule has 2 rings (SSSR count). The van der Waals surface area contributed by atoms with E-state index < -0.39 is 0 Å². The van der Waals surface area contributed by atoms with E-state index in [9.17, 15) is 4.79 Å². The summed E-state index contributed by atoms with van der Waals surface area (Å²) in [6, 6.07) is 7.90. The van der Waals surface area contributed by atoms with Crippen molar-refractivity contribution in [2.75, 3.05) is 52.4 Å². The lowest BCUT2D eigenvalue weighted by Gasteiger charge is -2.34. The monoisotopic (exact) mass is 352 g/mol. The Morgan fingerprint density at radius 3 is 2.33 bits per heavy atom. The molecule has 1 aliphatic heterocycles. The number of rotatable bonds is 7. The Morgan fingerprint density at radius 1 is 1.12 bits per heavy atom. The number of amides is 2. The molecule has 5 nitrogen and oxygen atoms in total. The SMILES string of the molecule is CCN(CC)CCN(Cc1ccc(Cl)cc1)C(=O)N1CCNCC1. The van der Waals surface area contributed by atoms with Crippen molar-refractivity contribution in [3.8, 4) is 0 Å². The second-order valence-electron chi connectivity index (χ2n) is 6.09. The second-order valence-corrected chi connectivity index (χ2v) is 6.53. The maximum absolute atomic E-state index is 12.9. The number of hydrogen-bond donors (Lipinski definition) is 1. The van der Waals surface area contributed by atoms with Crippen molar-refractivity contribution >= 4 is 17.6 Å². The largest absolute Gasteiger partial charge is 0.322 e. The van der Waals surface area contributed by atoms with Crippen LogP contribution in [0.5, 0.6) is 0 Å². The first-order valence-electron chi connectivity index (χ1n) is 8.85. The number of benzene rings is 1. The molecule has 134 valence electrons. The molecule has 1 aromatic carbocycles. The van der Waals surface area contributed by atoms with Crippen molar-refractivity contribution in [3.05, 3.63) is 34.9 Å². The maximum atomic E-state index is 12.9. The van der Waals surface area contributed by atoms with Gasteiger partial charge in [-0.1, -0.05) is 37.6 Å². The number of likely N-dealkylation sites (N-methyl/N-ethyl adjacent to an activating group) is 1. The first-order valence-corrected chi connectivity index (χ1v) is 9.23. The van der Waals surface area contributed by atoms with E-state index in [4.69, 9.17) is 11.6 Å². The second kappa shape index (κ2) is 9.87. The Labute approximate surface area is 150 Å². The van der Waals surface area contributed by atoms with Gasteiger partial charge in [-0.15, -0.1) is 0 Å². The van der Waals surface area contributed by atoms with Crippen LogP contribution in [0.25, 0.3) is 0 Å². The summed E-state index contributed by atoms with van der Waals surface area (Å²) >= 11 is 5.97. The molecule has 0 radical (unpaired) electrons. The number of nitrogens with one attached hydrogen (secondary N) is 1. The first kappa shape index (κ1) is 19.0. The Bertz CT molecular complexity index is 498. The molecule has 24 heavy (non-hydrogen) atoms. The zero-order chi connectivity index (χ0) is 17.4. The van der Waals surface area contributed by atoms with Crippen LogP contribution >= 0.6 is 11.6 Å². The molecule has 1 N–H and O–H groups in total. The smallest absolute Gasteiger partial charge is 0.320 e. The van der Waals surface area contributed by atoms with Gasteiger partial charge in [0, 0.05) is 50.8 Å². The first-order chi connectivity index (χ1) is 11.6. The number of hydrogen-bond acceptors (Lipinski definition) is 3. The standard InChI is InChI=1S/C18H29ClN4O/c1-3-21(4-2)13-14-23(15-16-5-7-17(19)8-6-16)18(24)22-11-9-20-10-12-22/h5-8,20H,3-4,9-15H2,1-2H3. The minimum Gasteiger partial charge on any atom is -0.322 e. The van der Waals surface area contributed by atoms with Gasteiger partial charge in [-0.2, -0.15) is 0 Å². The summed E-state index contributed by atoms with van der Waals surface area (Å²) in [6.07, 6.45) is 0. The number of halogens is 1. The molecule has 0 saturated carbocycles. The third kappa shape index (κ3) is 5.65. The maximum Gasteiger partial charge on any atom is 0.320 e. The lowest BCUT2D eigenvalue weighted by Crippen LogP contribution is -2.52. The molecule has 0 unspecified atom stereocenters. The van der Waals surface area contributed by atoms with Crippen LogP contribution in [0.3, 0.4) is 0 Å². The zero-order valence-corrected chi connectivity index (χ0v) is 15.6. The average Bonchev–Trinajstić information content (AvgIpc) is 2.63. The Balaban J connectivity index is 2.04. The molecular weight excluding hydrogens is 324 g/mol. The van der Waals surface area contributed by atoms with Crippen LogP contribution in [-0.2, 0) is 6.54 Å². The van der Waals surface area contributed by atoms with Crippen molar-refractivity contribution in [2.24, 2.45) is 0 Å². The molecule has 1 aliphatic rings. The number of piperazine rings is 1. The van der Waals surface area contributed by atoms with E-state index in [1.807, 2.05) is 34.1 Å². The van der Waals surface area contributed by atoms with Crippen molar-refractivity contribution in [2.45, 2.75) is 20.4 Å². The third-order valence-corrected chi connectivity index (χ3v) is 4.78. The van der Waals surface area contributed by atoms with Gasteiger partial charge in [-0.05, 0) is 30.8 Å². The van der Waals surface area contributed by atoms with E-state index in [1.165, 1.54) is 0 Å². The Kier molecular flexibility index (Phi) is 7.82. The number of nitrogens with zero attached hydrogens (tertiary/aromatic N) is 3. The van der Waals surface area contributed by atoms with Crippen molar-refractivity contribution < 1.29 is 4.79 Å². The van der Waals surface area contributed by atoms with Crippen LogP contribution in [0.2, 0.25) is 5.02 Å². The minimum atomic E-state index is 0.138. The molecule has 1 saturated heterocycles. The highest BCUT2D eigenvalue weighted by atomic mass is 35.5. The van der Waals surface area contributed by atoms with Gasteiger partial charge < -0.3 is 20.0 Å². The molecule has 1 fully saturated rings. The van der Waals surface area contributed by atoms with E-state index in [0.29, 0.717) is 6.54 Å². The fraction of sp³-hybridized carbons (Fsp3) is 0.611. The molecule has 0 spiro atoms.